The minimum absolute atomic E-state index is 0.193. The first-order valence-corrected chi connectivity index (χ1v) is 7.62. The monoisotopic (exact) mass is 271 g/mol. The van der Waals surface area contributed by atoms with Gasteiger partial charge in [-0.1, -0.05) is 18.3 Å². The molecule has 16 heavy (non-hydrogen) atoms. The van der Waals surface area contributed by atoms with Crippen molar-refractivity contribution in [3.8, 4) is 0 Å². The number of rotatable bonds is 2. The van der Waals surface area contributed by atoms with Crippen molar-refractivity contribution in [2.24, 2.45) is 0 Å². The second-order valence-corrected chi connectivity index (χ2v) is 6.34. The largest absolute Gasteiger partial charge is 0.378 e. The summed E-state index contributed by atoms with van der Waals surface area (Å²) >= 11 is 9.00. The highest BCUT2D eigenvalue weighted by Gasteiger charge is 2.39. The summed E-state index contributed by atoms with van der Waals surface area (Å²) in [4.78, 5) is 4.18. The topological polar surface area (TPSA) is 22.1 Å². The molecule has 2 nitrogen and oxygen atoms in total. The zero-order valence-electron chi connectivity index (χ0n) is 9.01. The molecule has 1 aliphatic heterocycles. The van der Waals surface area contributed by atoms with Crippen LogP contribution in [0.2, 0.25) is 0 Å². The van der Waals surface area contributed by atoms with Crippen LogP contribution < -0.4 is 0 Å². The van der Waals surface area contributed by atoms with Gasteiger partial charge in [0.2, 0.25) is 0 Å². The van der Waals surface area contributed by atoms with E-state index in [1.165, 1.54) is 0 Å². The summed E-state index contributed by atoms with van der Waals surface area (Å²) in [5, 5.41) is 0. The van der Waals surface area contributed by atoms with Crippen LogP contribution in [0.25, 0.3) is 0 Å². The van der Waals surface area contributed by atoms with E-state index in [0.717, 1.165) is 22.1 Å². The maximum absolute atomic E-state index is 5.61. The van der Waals surface area contributed by atoms with Crippen LogP contribution >= 0.6 is 35.7 Å². The molecule has 0 aliphatic carbocycles. The molecule has 0 radical (unpaired) electrons. The molecular weight excluding hydrogens is 258 g/mol. The van der Waals surface area contributed by atoms with Crippen molar-refractivity contribution in [1.29, 1.82) is 0 Å². The van der Waals surface area contributed by atoms with Crippen molar-refractivity contribution in [2.45, 2.75) is 4.75 Å². The number of ether oxygens (including phenoxy) is 1. The van der Waals surface area contributed by atoms with Crippen molar-refractivity contribution >= 4 is 39.9 Å². The van der Waals surface area contributed by atoms with Gasteiger partial charge in [-0.05, 0) is 17.9 Å². The van der Waals surface area contributed by atoms with E-state index in [1.807, 2.05) is 30.3 Å². The number of thiocarbonyl (C=S) groups is 1. The maximum Gasteiger partial charge on any atom is 0.107 e. The van der Waals surface area contributed by atoms with Crippen LogP contribution in [-0.2, 0) is 9.48 Å². The van der Waals surface area contributed by atoms with Gasteiger partial charge in [-0.15, -0.1) is 23.5 Å². The molecule has 0 N–H and O–H groups in total. The highest BCUT2D eigenvalue weighted by Crippen LogP contribution is 2.43. The van der Waals surface area contributed by atoms with Gasteiger partial charge in [-0.2, -0.15) is 0 Å². The zero-order chi connectivity index (χ0) is 11.4. The lowest BCUT2D eigenvalue weighted by Crippen LogP contribution is -2.38. The number of nitrogens with zero attached hydrogens (tertiary/aromatic N) is 1. The van der Waals surface area contributed by atoms with Crippen LogP contribution in [0.3, 0.4) is 0 Å². The molecule has 1 aromatic heterocycles. The van der Waals surface area contributed by atoms with Crippen molar-refractivity contribution in [1.82, 2.24) is 4.98 Å². The standard InChI is InChI=1S/C11H13NOS3/c1-15-10(14)11(8-13-5-6-16-11)9-3-2-4-12-7-9/h2-4,7H,5-6,8H2,1H3. The Morgan fingerprint density at radius 1 is 1.69 bits per heavy atom. The minimum Gasteiger partial charge on any atom is -0.378 e. The molecule has 2 rings (SSSR count). The predicted octanol–water partition coefficient (Wildman–Crippen LogP) is 2.73. The van der Waals surface area contributed by atoms with Crippen LogP contribution in [0.4, 0.5) is 0 Å². The smallest absolute Gasteiger partial charge is 0.107 e. The lowest BCUT2D eigenvalue weighted by Gasteiger charge is -2.36. The molecule has 5 heteroatoms. The third-order valence-electron chi connectivity index (χ3n) is 2.52. The molecule has 1 aromatic rings. The first-order valence-electron chi connectivity index (χ1n) is 5.00. The van der Waals surface area contributed by atoms with Crippen LogP contribution in [0, 0.1) is 0 Å². The number of hydrogen-bond acceptors (Lipinski definition) is 5. The molecule has 0 aromatic carbocycles. The molecule has 86 valence electrons. The minimum atomic E-state index is -0.193. The maximum atomic E-state index is 5.61. The highest BCUT2D eigenvalue weighted by atomic mass is 32.2. The fourth-order valence-electron chi connectivity index (χ4n) is 1.70. The molecular formula is C11H13NOS3. The second kappa shape index (κ2) is 5.49. The average molecular weight is 271 g/mol. The molecule has 1 fully saturated rings. The van der Waals surface area contributed by atoms with E-state index in [4.69, 9.17) is 17.0 Å². The van der Waals surface area contributed by atoms with E-state index in [1.54, 1.807) is 18.0 Å². The summed E-state index contributed by atoms with van der Waals surface area (Å²) in [5.74, 6) is 0.982. The summed E-state index contributed by atoms with van der Waals surface area (Å²) in [7, 11) is 0. The second-order valence-electron chi connectivity index (χ2n) is 3.46. The Hall–Kier alpha value is -0.100. The van der Waals surface area contributed by atoms with Crippen molar-refractivity contribution in [3.05, 3.63) is 30.1 Å². The van der Waals surface area contributed by atoms with E-state index in [2.05, 4.69) is 11.1 Å². The van der Waals surface area contributed by atoms with E-state index < -0.39 is 0 Å². The van der Waals surface area contributed by atoms with Gasteiger partial charge >= 0.3 is 0 Å². The Balaban J connectivity index is 2.38. The number of aromatic nitrogens is 1. The van der Waals surface area contributed by atoms with Gasteiger partial charge in [-0.25, -0.2) is 0 Å². The van der Waals surface area contributed by atoms with E-state index in [9.17, 15) is 0 Å². The Kier molecular flexibility index (Phi) is 4.24. The number of thioether (sulfide) groups is 2. The molecule has 1 atom stereocenters. The SMILES string of the molecule is CSC(=S)C1(c2cccnc2)COCCS1. The Morgan fingerprint density at radius 2 is 2.56 bits per heavy atom. The van der Waals surface area contributed by atoms with Crippen LogP contribution in [-0.4, -0.2) is 34.4 Å². The van der Waals surface area contributed by atoms with Crippen LogP contribution in [0.15, 0.2) is 24.5 Å². The average Bonchev–Trinajstić information content (AvgIpc) is 2.39. The lowest BCUT2D eigenvalue weighted by molar-refractivity contribution is 0.133. The fraction of sp³-hybridized carbons (Fsp3) is 0.455. The normalized spacial score (nSPS) is 25.3. The van der Waals surface area contributed by atoms with E-state index in [-0.39, 0.29) is 4.75 Å². The number of hydrogen-bond donors (Lipinski definition) is 0. The Bertz CT molecular complexity index is 363. The van der Waals surface area contributed by atoms with E-state index in [0.29, 0.717) is 6.61 Å². The number of pyridine rings is 1. The van der Waals surface area contributed by atoms with Crippen molar-refractivity contribution in [3.63, 3.8) is 0 Å². The molecule has 1 saturated heterocycles. The van der Waals surface area contributed by atoms with Gasteiger partial charge < -0.3 is 4.74 Å². The fourth-order valence-corrected chi connectivity index (χ4v) is 4.11. The predicted molar refractivity (Wildman–Crippen MR) is 75.3 cm³/mol. The molecule has 0 saturated carbocycles. The molecule has 0 amide bonds. The summed E-state index contributed by atoms with van der Waals surface area (Å²) in [6.07, 6.45) is 5.70. The first-order chi connectivity index (χ1) is 7.79. The van der Waals surface area contributed by atoms with Gasteiger partial charge in [0.1, 0.15) is 4.75 Å². The van der Waals surface area contributed by atoms with Gasteiger partial charge in [0, 0.05) is 18.1 Å². The van der Waals surface area contributed by atoms with Crippen LogP contribution in [0.1, 0.15) is 5.56 Å². The van der Waals surface area contributed by atoms with Gasteiger partial charge in [0.15, 0.2) is 0 Å². The Labute approximate surface area is 110 Å². The van der Waals surface area contributed by atoms with Crippen molar-refractivity contribution in [2.75, 3.05) is 25.2 Å². The molecule has 0 spiro atoms. The Morgan fingerprint density at radius 3 is 3.12 bits per heavy atom. The molecule has 1 aliphatic rings. The molecule has 2 heterocycles. The quantitative estimate of drug-likeness (QED) is 0.769. The van der Waals surface area contributed by atoms with Gasteiger partial charge in [0.05, 0.1) is 17.4 Å². The highest BCUT2D eigenvalue weighted by molar-refractivity contribution is 8.24. The zero-order valence-corrected chi connectivity index (χ0v) is 11.5. The van der Waals surface area contributed by atoms with E-state index >= 15 is 0 Å². The van der Waals surface area contributed by atoms with Gasteiger partial charge in [-0.3, -0.25) is 4.98 Å². The molecule has 0 bridgehead atoms. The summed E-state index contributed by atoms with van der Waals surface area (Å²) in [5.41, 5.74) is 1.15. The van der Waals surface area contributed by atoms with Crippen molar-refractivity contribution < 1.29 is 4.74 Å². The lowest BCUT2D eigenvalue weighted by atomic mass is 10.0. The summed E-state index contributed by atoms with van der Waals surface area (Å²) in [6, 6.07) is 4.03. The summed E-state index contributed by atoms with van der Waals surface area (Å²) < 4.78 is 6.40. The molecule has 1 unspecified atom stereocenters. The van der Waals surface area contributed by atoms with Crippen LogP contribution in [0.5, 0.6) is 0 Å². The van der Waals surface area contributed by atoms with Gasteiger partial charge in [0.25, 0.3) is 0 Å². The summed E-state index contributed by atoms with van der Waals surface area (Å²) in [6.45, 7) is 1.46. The third-order valence-corrected chi connectivity index (χ3v) is 5.77. The third kappa shape index (κ3) is 2.27. The first kappa shape index (κ1) is 12.4.